The fourth-order valence-electron chi connectivity index (χ4n) is 3.76. The minimum Gasteiger partial charge on any atom is -0.493 e. The molecule has 176 valence electrons. The van der Waals surface area contributed by atoms with Gasteiger partial charge in [-0.1, -0.05) is 71.0 Å². The molecule has 3 aromatic carbocycles. The van der Waals surface area contributed by atoms with Crippen LogP contribution in [0.2, 0.25) is 0 Å². The molecule has 8 heteroatoms. The van der Waals surface area contributed by atoms with Gasteiger partial charge in [-0.3, -0.25) is 9.36 Å². The maximum Gasteiger partial charge on any atom is 0.262 e. The Balaban J connectivity index is 1.44. The van der Waals surface area contributed by atoms with Gasteiger partial charge >= 0.3 is 0 Å². The molecule has 7 nitrogen and oxygen atoms in total. The van der Waals surface area contributed by atoms with Crippen molar-refractivity contribution in [2.45, 2.75) is 31.3 Å². The van der Waals surface area contributed by atoms with Crippen molar-refractivity contribution in [3.8, 4) is 17.1 Å². The summed E-state index contributed by atoms with van der Waals surface area (Å²) in [6, 6.07) is 23.2. The van der Waals surface area contributed by atoms with Crippen molar-refractivity contribution in [3.63, 3.8) is 0 Å². The van der Waals surface area contributed by atoms with E-state index in [2.05, 4.69) is 10.1 Å². The first-order chi connectivity index (χ1) is 17.1. The Morgan fingerprint density at radius 2 is 1.74 bits per heavy atom. The number of rotatable bonds is 8. The van der Waals surface area contributed by atoms with Gasteiger partial charge in [-0.05, 0) is 43.7 Å². The fourth-order valence-corrected chi connectivity index (χ4v) is 4.59. The van der Waals surface area contributed by atoms with Gasteiger partial charge in [-0.25, -0.2) is 4.98 Å². The summed E-state index contributed by atoms with van der Waals surface area (Å²) in [5, 5.41) is 5.33. The Morgan fingerprint density at radius 1 is 0.971 bits per heavy atom. The number of benzene rings is 3. The molecule has 5 rings (SSSR count). The predicted molar refractivity (Wildman–Crippen MR) is 137 cm³/mol. The molecule has 0 saturated carbocycles. The molecule has 0 spiro atoms. The second-order valence-corrected chi connectivity index (χ2v) is 8.96. The van der Waals surface area contributed by atoms with Crippen molar-refractivity contribution >= 4 is 22.7 Å². The van der Waals surface area contributed by atoms with Crippen molar-refractivity contribution in [1.82, 2.24) is 19.7 Å². The first kappa shape index (κ1) is 22.9. The highest BCUT2D eigenvalue weighted by atomic mass is 32.2. The molecule has 0 unspecified atom stereocenters. The number of ether oxygens (including phenoxy) is 1. The van der Waals surface area contributed by atoms with Crippen LogP contribution in [0, 0.1) is 6.92 Å². The zero-order valence-corrected chi connectivity index (χ0v) is 20.3. The molecular weight excluding hydrogens is 460 g/mol. The first-order valence-corrected chi connectivity index (χ1v) is 12.3. The summed E-state index contributed by atoms with van der Waals surface area (Å²) in [4.78, 5) is 22.7. The minimum atomic E-state index is -0.0736. The Morgan fingerprint density at radius 3 is 2.57 bits per heavy atom. The molecule has 35 heavy (non-hydrogen) atoms. The lowest BCUT2D eigenvalue weighted by Crippen LogP contribution is -2.24. The number of hydrogen-bond donors (Lipinski definition) is 0. The number of nitrogens with zero attached hydrogens (tertiary/aromatic N) is 4. The summed E-state index contributed by atoms with van der Waals surface area (Å²) in [6.45, 7) is 4.95. The van der Waals surface area contributed by atoms with Gasteiger partial charge in [0.2, 0.25) is 11.7 Å². The fraction of sp³-hybridized carbons (Fsp3) is 0.185. The van der Waals surface area contributed by atoms with Crippen LogP contribution in [0.25, 0.3) is 22.3 Å². The number of fused-ring (bicyclic) bond motifs is 1. The number of thioether (sulfide) groups is 1. The maximum absolute atomic E-state index is 13.4. The van der Waals surface area contributed by atoms with Gasteiger partial charge < -0.3 is 9.26 Å². The molecule has 0 N–H and O–H groups in total. The van der Waals surface area contributed by atoms with E-state index in [-0.39, 0.29) is 5.56 Å². The van der Waals surface area contributed by atoms with Crippen molar-refractivity contribution in [2.75, 3.05) is 6.61 Å². The van der Waals surface area contributed by atoms with Gasteiger partial charge in [0.05, 0.1) is 35.4 Å². The molecule has 0 amide bonds. The largest absolute Gasteiger partial charge is 0.493 e. The monoisotopic (exact) mass is 484 g/mol. The molecular formula is C27H24N4O3S. The van der Waals surface area contributed by atoms with Crippen LogP contribution in [0.15, 0.2) is 87.3 Å². The summed E-state index contributed by atoms with van der Waals surface area (Å²) in [5.74, 6) is 1.99. The van der Waals surface area contributed by atoms with Gasteiger partial charge in [-0.15, -0.1) is 0 Å². The standard InChI is InChI=1S/C27H24N4O3S/c1-3-33-23-11-7-5-9-21(23)25-29-24(34-30-25)17-35-27-28-22-10-6-4-8-20(22)26(32)31(27)16-19-14-12-18(2)13-15-19/h4-15H,3,16-17H2,1-2H3. The number of hydrogen-bond acceptors (Lipinski definition) is 7. The summed E-state index contributed by atoms with van der Waals surface area (Å²) in [6.07, 6.45) is 0. The third-order valence-corrected chi connectivity index (χ3v) is 6.47. The smallest absolute Gasteiger partial charge is 0.262 e. The highest BCUT2D eigenvalue weighted by Gasteiger charge is 2.16. The zero-order chi connectivity index (χ0) is 24.2. The Labute approximate surface area is 206 Å². The molecule has 0 aliphatic heterocycles. The molecule has 0 fully saturated rings. The highest BCUT2D eigenvalue weighted by molar-refractivity contribution is 7.98. The van der Waals surface area contributed by atoms with Crippen LogP contribution in [0.4, 0.5) is 0 Å². The number of para-hydroxylation sites is 2. The normalized spacial score (nSPS) is 11.1. The second-order valence-electron chi connectivity index (χ2n) is 8.02. The average Bonchev–Trinajstić information content (AvgIpc) is 3.35. The van der Waals surface area contributed by atoms with Gasteiger partial charge in [0.1, 0.15) is 5.75 Å². The number of aromatic nitrogens is 4. The first-order valence-electron chi connectivity index (χ1n) is 11.3. The third kappa shape index (κ3) is 4.97. The molecule has 0 atom stereocenters. The SMILES string of the molecule is CCOc1ccccc1-c1noc(CSc2nc3ccccc3c(=O)n2Cc2ccc(C)cc2)n1. The molecule has 0 aliphatic carbocycles. The van der Waals surface area contributed by atoms with Crippen molar-refractivity contribution in [2.24, 2.45) is 0 Å². The van der Waals surface area contributed by atoms with Crippen molar-refractivity contribution in [1.29, 1.82) is 0 Å². The lowest BCUT2D eigenvalue weighted by molar-refractivity contribution is 0.341. The molecule has 0 radical (unpaired) electrons. The molecule has 5 aromatic rings. The van der Waals surface area contributed by atoms with Gasteiger partial charge in [-0.2, -0.15) is 4.98 Å². The van der Waals surface area contributed by atoms with Crippen LogP contribution >= 0.6 is 11.8 Å². The van der Waals surface area contributed by atoms with E-state index in [9.17, 15) is 4.79 Å². The Kier molecular flexibility index (Phi) is 6.63. The van der Waals surface area contributed by atoms with E-state index in [4.69, 9.17) is 14.2 Å². The molecule has 0 saturated heterocycles. The topological polar surface area (TPSA) is 83.0 Å². The van der Waals surface area contributed by atoms with E-state index in [1.54, 1.807) is 4.57 Å². The van der Waals surface area contributed by atoms with Crippen LogP contribution in [0.5, 0.6) is 5.75 Å². The Bertz CT molecular complexity index is 1530. The quantitative estimate of drug-likeness (QED) is 0.213. The van der Waals surface area contributed by atoms with E-state index >= 15 is 0 Å². The van der Waals surface area contributed by atoms with Crippen LogP contribution in [0.1, 0.15) is 23.9 Å². The summed E-state index contributed by atoms with van der Waals surface area (Å²) in [7, 11) is 0. The van der Waals surface area contributed by atoms with Crippen LogP contribution in [0.3, 0.4) is 0 Å². The van der Waals surface area contributed by atoms with Crippen molar-refractivity contribution < 1.29 is 9.26 Å². The minimum absolute atomic E-state index is 0.0736. The van der Waals surface area contributed by atoms with Crippen molar-refractivity contribution in [3.05, 3.63) is 100 Å². The third-order valence-electron chi connectivity index (χ3n) is 5.51. The molecule has 2 heterocycles. The Hall–Kier alpha value is -3.91. The highest BCUT2D eigenvalue weighted by Crippen LogP contribution is 2.29. The number of aryl methyl sites for hydroxylation is 1. The summed E-state index contributed by atoms with van der Waals surface area (Å²) in [5.41, 5.74) is 3.57. The second kappa shape index (κ2) is 10.1. The molecule has 2 aromatic heterocycles. The van der Waals surface area contributed by atoms with Gasteiger partial charge in [0.15, 0.2) is 5.16 Å². The van der Waals surface area contributed by atoms with Gasteiger partial charge in [0, 0.05) is 0 Å². The van der Waals surface area contributed by atoms with Crippen LogP contribution in [-0.4, -0.2) is 26.3 Å². The zero-order valence-electron chi connectivity index (χ0n) is 19.5. The van der Waals surface area contributed by atoms with E-state index in [1.165, 1.54) is 17.3 Å². The summed E-state index contributed by atoms with van der Waals surface area (Å²) >= 11 is 1.40. The average molecular weight is 485 g/mol. The summed E-state index contributed by atoms with van der Waals surface area (Å²) < 4.78 is 12.9. The molecule has 0 bridgehead atoms. The molecule has 0 aliphatic rings. The van der Waals surface area contributed by atoms with Gasteiger partial charge in [0.25, 0.3) is 5.56 Å². The maximum atomic E-state index is 13.4. The van der Waals surface area contributed by atoms with Crippen LogP contribution in [-0.2, 0) is 12.3 Å². The lowest BCUT2D eigenvalue weighted by Gasteiger charge is -2.13. The van der Waals surface area contributed by atoms with E-state index in [0.29, 0.717) is 52.4 Å². The lowest BCUT2D eigenvalue weighted by atomic mass is 10.1. The predicted octanol–water partition coefficient (Wildman–Crippen LogP) is 5.49. The van der Waals surface area contributed by atoms with E-state index in [0.717, 1.165) is 11.1 Å². The van der Waals surface area contributed by atoms with E-state index in [1.807, 2.05) is 86.6 Å². The van der Waals surface area contributed by atoms with E-state index < -0.39 is 0 Å². The van der Waals surface area contributed by atoms with Crippen LogP contribution < -0.4 is 10.3 Å².